The number of likely N-dealkylation sites (N-methyl/N-ethyl adjacent to an activating group) is 1. The van der Waals surface area contributed by atoms with E-state index in [0.717, 1.165) is 26.2 Å². The Labute approximate surface area is 150 Å². The average Bonchev–Trinajstić information content (AvgIpc) is 2.98. The Bertz CT molecular complexity index is 662. The number of piperazine rings is 1. The van der Waals surface area contributed by atoms with Crippen LogP contribution in [0.3, 0.4) is 0 Å². The predicted molar refractivity (Wildman–Crippen MR) is 98.0 cm³/mol. The molecule has 2 aliphatic rings. The van der Waals surface area contributed by atoms with Crippen molar-refractivity contribution >= 4 is 0 Å². The number of hydrogen-bond acceptors (Lipinski definition) is 5. The maximum Gasteiger partial charge on any atom is 0.122 e. The quantitative estimate of drug-likeness (QED) is 0.835. The summed E-state index contributed by atoms with van der Waals surface area (Å²) in [6.07, 6.45) is 7.85. The minimum absolute atomic E-state index is 0.640. The number of rotatable bonds is 4. The molecule has 2 aromatic heterocycles. The van der Waals surface area contributed by atoms with Gasteiger partial charge >= 0.3 is 0 Å². The molecule has 0 aromatic carbocycles. The van der Waals surface area contributed by atoms with Crippen LogP contribution in [0, 0.1) is 5.92 Å². The summed E-state index contributed by atoms with van der Waals surface area (Å²) in [5, 5.41) is 0. The zero-order valence-corrected chi connectivity index (χ0v) is 15.1. The minimum Gasteiger partial charge on any atom is -0.333 e. The average molecular weight is 340 g/mol. The summed E-state index contributed by atoms with van der Waals surface area (Å²) < 4.78 is 2.35. The highest BCUT2D eigenvalue weighted by Gasteiger charge is 2.25. The lowest BCUT2D eigenvalue weighted by molar-refractivity contribution is 0.116. The van der Waals surface area contributed by atoms with E-state index < -0.39 is 0 Å². The number of imidazole rings is 1. The molecule has 1 saturated heterocycles. The molecule has 1 fully saturated rings. The molecule has 134 valence electrons. The van der Waals surface area contributed by atoms with Crippen molar-refractivity contribution < 1.29 is 0 Å². The summed E-state index contributed by atoms with van der Waals surface area (Å²) in [7, 11) is 2.22. The molecule has 0 amide bonds. The number of aromatic nitrogens is 3. The van der Waals surface area contributed by atoms with E-state index in [9.17, 15) is 0 Å². The second-order valence-corrected chi connectivity index (χ2v) is 7.49. The van der Waals surface area contributed by atoms with Gasteiger partial charge in [0.15, 0.2) is 0 Å². The van der Waals surface area contributed by atoms with Gasteiger partial charge in [-0.1, -0.05) is 0 Å². The first kappa shape index (κ1) is 16.7. The highest BCUT2D eigenvalue weighted by Crippen LogP contribution is 2.19. The van der Waals surface area contributed by atoms with Gasteiger partial charge in [0.05, 0.1) is 6.54 Å². The highest BCUT2D eigenvalue weighted by atomic mass is 15.3. The van der Waals surface area contributed by atoms with Crippen molar-refractivity contribution in [2.45, 2.75) is 19.6 Å². The summed E-state index contributed by atoms with van der Waals surface area (Å²) in [4.78, 5) is 16.3. The van der Waals surface area contributed by atoms with Crippen LogP contribution in [-0.4, -0.2) is 75.6 Å². The van der Waals surface area contributed by atoms with Crippen LogP contribution in [0.5, 0.6) is 0 Å². The summed E-state index contributed by atoms with van der Waals surface area (Å²) >= 11 is 0. The molecule has 0 saturated carbocycles. The molecule has 2 aliphatic heterocycles. The first-order chi connectivity index (χ1) is 12.3. The fourth-order valence-electron chi connectivity index (χ4n) is 4.00. The molecule has 0 radical (unpaired) electrons. The monoisotopic (exact) mass is 340 g/mol. The van der Waals surface area contributed by atoms with Gasteiger partial charge in [0.1, 0.15) is 5.82 Å². The van der Waals surface area contributed by atoms with E-state index in [0.29, 0.717) is 5.92 Å². The Morgan fingerprint density at radius 3 is 2.60 bits per heavy atom. The van der Waals surface area contributed by atoms with E-state index >= 15 is 0 Å². The standard InChI is InChI=1S/C19H28N6/c1-22-8-10-23(11-9-22)13-18-14-24(12-17-2-4-20-5-3-17)16-19-21-6-7-25(19)15-18/h2-7,18H,8-16H2,1H3/t18-/m1/s1. The Kier molecular flexibility index (Phi) is 5.10. The zero-order valence-electron chi connectivity index (χ0n) is 15.1. The third-order valence-corrected chi connectivity index (χ3v) is 5.41. The first-order valence-electron chi connectivity index (χ1n) is 9.28. The third-order valence-electron chi connectivity index (χ3n) is 5.41. The van der Waals surface area contributed by atoms with E-state index in [4.69, 9.17) is 0 Å². The van der Waals surface area contributed by atoms with E-state index in [1.54, 1.807) is 0 Å². The van der Waals surface area contributed by atoms with Crippen LogP contribution >= 0.6 is 0 Å². The molecule has 25 heavy (non-hydrogen) atoms. The molecule has 1 atom stereocenters. The lowest BCUT2D eigenvalue weighted by Crippen LogP contribution is -2.47. The van der Waals surface area contributed by atoms with Crippen LogP contribution in [0.2, 0.25) is 0 Å². The van der Waals surface area contributed by atoms with Gasteiger partial charge in [-0.3, -0.25) is 9.88 Å². The fraction of sp³-hybridized carbons (Fsp3) is 0.579. The molecule has 0 unspecified atom stereocenters. The lowest BCUT2D eigenvalue weighted by Gasteiger charge is -2.35. The molecule has 0 bridgehead atoms. The van der Waals surface area contributed by atoms with E-state index in [1.165, 1.54) is 44.1 Å². The van der Waals surface area contributed by atoms with Crippen molar-refractivity contribution in [2.24, 2.45) is 5.92 Å². The van der Waals surface area contributed by atoms with Gasteiger partial charge < -0.3 is 14.4 Å². The molecule has 6 nitrogen and oxygen atoms in total. The van der Waals surface area contributed by atoms with Gasteiger partial charge in [-0.2, -0.15) is 0 Å². The van der Waals surface area contributed by atoms with Crippen LogP contribution in [0.15, 0.2) is 36.9 Å². The number of pyridine rings is 1. The van der Waals surface area contributed by atoms with Crippen LogP contribution < -0.4 is 0 Å². The van der Waals surface area contributed by atoms with Gasteiger partial charge in [0.25, 0.3) is 0 Å². The first-order valence-corrected chi connectivity index (χ1v) is 9.28. The summed E-state index contributed by atoms with van der Waals surface area (Å²) in [5.41, 5.74) is 1.33. The summed E-state index contributed by atoms with van der Waals surface area (Å²) in [6.45, 7) is 10.0. The number of hydrogen-bond donors (Lipinski definition) is 0. The molecular weight excluding hydrogens is 312 g/mol. The van der Waals surface area contributed by atoms with Crippen molar-refractivity contribution in [3.05, 3.63) is 48.3 Å². The van der Waals surface area contributed by atoms with Gasteiger partial charge in [0, 0.05) is 83.1 Å². The Morgan fingerprint density at radius 1 is 1.00 bits per heavy atom. The van der Waals surface area contributed by atoms with E-state index in [1.807, 2.05) is 18.6 Å². The van der Waals surface area contributed by atoms with E-state index in [2.05, 4.69) is 54.6 Å². The fourth-order valence-corrected chi connectivity index (χ4v) is 4.00. The molecule has 2 aromatic rings. The molecule has 0 aliphatic carbocycles. The maximum atomic E-state index is 4.59. The predicted octanol–water partition coefficient (Wildman–Crippen LogP) is 1.16. The van der Waals surface area contributed by atoms with Crippen LogP contribution in [0.4, 0.5) is 0 Å². The van der Waals surface area contributed by atoms with Gasteiger partial charge in [-0.05, 0) is 24.7 Å². The molecule has 0 N–H and O–H groups in total. The SMILES string of the molecule is CN1CCN(C[C@@H]2CN(Cc3ccncc3)Cc3nccn3C2)CC1. The Hall–Kier alpha value is -1.76. The zero-order chi connectivity index (χ0) is 17.1. The third kappa shape index (κ3) is 4.26. The molecule has 6 heteroatoms. The Morgan fingerprint density at radius 2 is 1.80 bits per heavy atom. The van der Waals surface area contributed by atoms with Gasteiger partial charge in [-0.25, -0.2) is 4.98 Å². The molecule has 4 rings (SSSR count). The summed E-state index contributed by atoms with van der Waals surface area (Å²) in [6, 6.07) is 4.24. The van der Waals surface area contributed by atoms with Gasteiger partial charge in [0.2, 0.25) is 0 Å². The molecule has 0 spiro atoms. The van der Waals surface area contributed by atoms with Crippen molar-refractivity contribution in [3.63, 3.8) is 0 Å². The minimum atomic E-state index is 0.640. The van der Waals surface area contributed by atoms with E-state index in [-0.39, 0.29) is 0 Å². The maximum absolute atomic E-state index is 4.59. The van der Waals surface area contributed by atoms with Crippen molar-refractivity contribution in [1.29, 1.82) is 0 Å². The molecule has 4 heterocycles. The smallest absolute Gasteiger partial charge is 0.122 e. The summed E-state index contributed by atoms with van der Waals surface area (Å²) in [5.74, 6) is 1.83. The Balaban J connectivity index is 1.45. The topological polar surface area (TPSA) is 40.4 Å². The van der Waals surface area contributed by atoms with Crippen molar-refractivity contribution in [2.75, 3.05) is 46.3 Å². The molecular formula is C19H28N6. The second-order valence-electron chi connectivity index (χ2n) is 7.49. The normalized spacial score (nSPS) is 23.3. The lowest BCUT2D eigenvalue weighted by atomic mass is 10.1. The number of fused-ring (bicyclic) bond motifs is 1. The second kappa shape index (κ2) is 7.64. The van der Waals surface area contributed by atoms with Crippen LogP contribution in [-0.2, 0) is 19.6 Å². The highest BCUT2D eigenvalue weighted by molar-refractivity contribution is 5.10. The largest absolute Gasteiger partial charge is 0.333 e. The van der Waals surface area contributed by atoms with Crippen LogP contribution in [0.25, 0.3) is 0 Å². The van der Waals surface area contributed by atoms with Crippen molar-refractivity contribution in [3.8, 4) is 0 Å². The van der Waals surface area contributed by atoms with Crippen LogP contribution in [0.1, 0.15) is 11.4 Å². The number of nitrogens with zero attached hydrogens (tertiary/aromatic N) is 6. The van der Waals surface area contributed by atoms with Crippen molar-refractivity contribution in [1.82, 2.24) is 29.2 Å². The van der Waals surface area contributed by atoms with Gasteiger partial charge in [-0.15, -0.1) is 0 Å².